The maximum atomic E-state index is 13.8. The van der Waals surface area contributed by atoms with E-state index < -0.39 is 0 Å². The van der Waals surface area contributed by atoms with Crippen LogP contribution < -0.4 is 0 Å². The summed E-state index contributed by atoms with van der Waals surface area (Å²) < 4.78 is 0. The summed E-state index contributed by atoms with van der Waals surface area (Å²) in [5.74, 6) is 0.118. The maximum Gasteiger partial charge on any atom is 0.171 e. The Morgan fingerprint density at radius 2 is 1.17 bits per heavy atom. The molecule has 0 bridgehead atoms. The first kappa shape index (κ1) is 17.2. The van der Waals surface area contributed by atoms with Gasteiger partial charge in [0, 0.05) is 5.56 Å². The van der Waals surface area contributed by atoms with E-state index in [-0.39, 0.29) is 11.7 Å². The molecule has 0 saturated carbocycles. The van der Waals surface area contributed by atoms with Gasteiger partial charge in [0.15, 0.2) is 5.78 Å². The molecule has 1 aliphatic rings. The van der Waals surface area contributed by atoms with Crippen LogP contribution in [0.15, 0.2) is 103 Å². The molecule has 0 fully saturated rings. The van der Waals surface area contributed by atoms with Gasteiger partial charge < -0.3 is 0 Å². The molecule has 5 aromatic carbocycles. The van der Waals surface area contributed by atoms with Gasteiger partial charge in [0.2, 0.25) is 0 Å². The number of benzene rings is 5. The molecular formula is C29H20O. The minimum Gasteiger partial charge on any atom is -0.293 e. The van der Waals surface area contributed by atoms with Crippen LogP contribution in [0.2, 0.25) is 0 Å². The molecule has 0 amide bonds. The minimum absolute atomic E-state index is 0.123. The number of carbonyl (C=O) groups excluding carboxylic acids is 1. The van der Waals surface area contributed by atoms with Crippen molar-refractivity contribution in [1.29, 1.82) is 0 Å². The van der Waals surface area contributed by atoms with Crippen LogP contribution in [-0.4, -0.2) is 5.78 Å². The van der Waals surface area contributed by atoms with E-state index in [2.05, 4.69) is 103 Å². The number of Topliss-reactive ketones (excluding diaryl/α,β-unsaturated/α-hetero) is 1. The highest BCUT2D eigenvalue weighted by molar-refractivity contribution is 6.13. The zero-order valence-electron chi connectivity index (χ0n) is 16.5. The van der Waals surface area contributed by atoms with Crippen molar-refractivity contribution < 1.29 is 4.79 Å². The Kier molecular flexibility index (Phi) is 3.82. The summed E-state index contributed by atoms with van der Waals surface area (Å²) in [6, 6.07) is 35.7. The van der Waals surface area contributed by atoms with Crippen molar-refractivity contribution in [3.05, 3.63) is 120 Å². The van der Waals surface area contributed by atoms with Crippen LogP contribution in [0.4, 0.5) is 0 Å². The Balaban J connectivity index is 1.53. The van der Waals surface area contributed by atoms with Crippen molar-refractivity contribution >= 4 is 27.3 Å². The summed E-state index contributed by atoms with van der Waals surface area (Å²) in [6.07, 6.45) is 0.765. The summed E-state index contributed by atoms with van der Waals surface area (Å²) in [5, 5.41) is 4.75. The number of rotatable bonds is 2. The molecule has 6 rings (SSSR count). The minimum atomic E-state index is -0.123. The lowest BCUT2D eigenvalue weighted by molar-refractivity contribution is 0.0974. The van der Waals surface area contributed by atoms with Crippen molar-refractivity contribution in [2.45, 2.75) is 12.3 Å². The predicted molar refractivity (Wildman–Crippen MR) is 124 cm³/mol. The first-order valence-corrected chi connectivity index (χ1v) is 10.4. The van der Waals surface area contributed by atoms with E-state index in [1.54, 1.807) is 0 Å². The summed E-state index contributed by atoms with van der Waals surface area (Å²) in [6.45, 7) is 0. The monoisotopic (exact) mass is 384 g/mol. The molecule has 30 heavy (non-hydrogen) atoms. The normalized spacial score (nSPS) is 15.6. The summed E-state index contributed by atoms with van der Waals surface area (Å²) in [4.78, 5) is 13.8. The SMILES string of the molecule is O=C1c2c(cccc2-c2cccc3ccccc23)CC1c1cccc2ccccc12. The van der Waals surface area contributed by atoms with Gasteiger partial charge in [0.05, 0.1) is 5.92 Å². The van der Waals surface area contributed by atoms with Gasteiger partial charge in [-0.25, -0.2) is 0 Å². The fraction of sp³-hybridized carbons (Fsp3) is 0.0690. The number of hydrogen-bond donors (Lipinski definition) is 0. The summed E-state index contributed by atoms with van der Waals surface area (Å²) in [7, 11) is 0. The molecule has 1 heteroatoms. The van der Waals surface area contributed by atoms with Crippen LogP contribution >= 0.6 is 0 Å². The third kappa shape index (κ3) is 2.52. The Morgan fingerprint density at radius 1 is 0.567 bits per heavy atom. The molecule has 1 atom stereocenters. The fourth-order valence-electron chi connectivity index (χ4n) is 5.04. The van der Waals surface area contributed by atoms with E-state index in [1.165, 1.54) is 21.5 Å². The Labute approximate surface area is 175 Å². The molecule has 0 spiro atoms. The van der Waals surface area contributed by atoms with Gasteiger partial charge in [-0.3, -0.25) is 4.79 Å². The highest BCUT2D eigenvalue weighted by Gasteiger charge is 2.34. The lowest BCUT2D eigenvalue weighted by atomic mass is 9.89. The number of ketones is 1. The van der Waals surface area contributed by atoms with E-state index >= 15 is 0 Å². The first-order chi connectivity index (χ1) is 14.8. The van der Waals surface area contributed by atoms with Crippen molar-refractivity contribution in [3.8, 4) is 11.1 Å². The zero-order valence-corrected chi connectivity index (χ0v) is 16.5. The van der Waals surface area contributed by atoms with Crippen LogP contribution in [0.1, 0.15) is 27.4 Å². The van der Waals surface area contributed by atoms with Gasteiger partial charge in [-0.2, -0.15) is 0 Å². The van der Waals surface area contributed by atoms with Gasteiger partial charge in [-0.05, 0) is 50.2 Å². The van der Waals surface area contributed by atoms with E-state index in [4.69, 9.17) is 0 Å². The van der Waals surface area contributed by atoms with Crippen molar-refractivity contribution in [1.82, 2.24) is 0 Å². The van der Waals surface area contributed by atoms with Gasteiger partial charge in [-0.15, -0.1) is 0 Å². The highest BCUT2D eigenvalue weighted by Crippen LogP contribution is 2.42. The van der Waals surface area contributed by atoms with Gasteiger partial charge in [0.25, 0.3) is 0 Å². The standard InChI is InChI=1S/C29H20O/c30-29-27(25-16-6-11-20-9-2-4-14-23(20)25)18-21-12-7-17-26(28(21)29)24-15-5-10-19-8-1-3-13-22(19)24/h1-17,27H,18H2. The van der Waals surface area contributed by atoms with Crippen molar-refractivity contribution in [2.75, 3.05) is 0 Å². The van der Waals surface area contributed by atoms with Crippen molar-refractivity contribution in [2.24, 2.45) is 0 Å². The third-order valence-corrected chi connectivity index (χ3v) is 6.42. The summed E-state index contributed by atoms with van der Waals surface area (Å²) >= 11 is 0. The second kappa shape index (κ2) is 6.67. The zero-order chi connectivity index (χ0) is 20.1. The molecular weight excluding hydrogens is 364 g/mol. The molecule has 142 valence electrons. The molecule has 0 N–H and O–H groups in total. The number of fused-ring (bicyclic) bond motifs is 3. The molecule has 0 radical (unpaired) electrons. The van der Waals surface area contributed by atoms with Crippen LogP contribution in [0.5, 0.6) is 0 Å². The lowest BCUT2D eigenvalue weighted by Crippen LogP contribution is -2.08. The second-order valence-corrected chi connectivity index (χ2v) is 8.06. The smallest absolute Gasteiger partial charge is 0.171 e. The average Bonchev–Trinajstić information content (AvgIpc) is 3.15. The van der Waals surface area contributed by atoms with Crippen LogP contribution in [0, 0.1) is 0 Å². The van der Waals surface area contributed by atoms with Gasteiger partial charge >= 0.3 is 0 Å². The van der Waals surface area contributed by atoms with E-state index in [1.807, 2.05) is 0 Å². The van der Waals surface area contributed by atoms with E-state index in [9.17, 15) is 4.79 Å². The first-order valence-electron chi connectivity index (χ1n) is 10.4. The van der Waals surface area contributed by atoms with Crippen LogP contribution in [0.25, 0.3) is 32.7 Å². The fourth-order valence-corrected chi connectivity index (χ4v) is 5.04. The largest absolute Gasteiger partial charge is 0.293 e. The Morgan fingerprint density at radius 3 is 2.00 bits per heavy atom. The third-order valence-electron chi connectivity index (χ3n) is 6.42. The number of carbonyl (C=O) groups is 1. The summed E-state index contributed by atoms with van der Waals surface area (Å²) in [5.41, 5.74) is 5.38. The second-order valence-electron chi connectivity index (χ2n) is 8.06. The Bertz CT molecular complexity index is 1430. The predicted octanol–water partition coefficient (Wildman–Crippen LogP) is 7.18. The highest BCUT2D eigenvalue weighted by atomic mass is 16.1. The van der Waals surface area contributed by atoms with E-state index in [0.717, 1.165) is 34.2 Å². The topological polar surface area (TPSA) is 17.1 Å². The molecule has 0 saturated heterocycles. The van der Waals surface area contributed by atoms with E-state index in [0.29, 0.717) is 0 Å². The molecule has 5 aromatic rings. The van der Waals surface area contributed by atoms with Crippen LogP contribution in [0.3, 0.4) is 0 Å². The van der Waals surface area contributed by atoms with Gasteiger partial charge in [-0.1, -0.05) is 103 Å². The number of hydrogen-bond acceptors (Lipinski definition) is 1. The average molecular weight is 384 g/mol. The Hall–Kier alpha value is -3.71. The maximum absolute atomic E-state index is 13.8. The lowest BCUT2D eigenvalue weighted by Gasteiger charge is -2.13. The molecule has 1 aliphatic carbocycles. The molecule has 0 heterocycles. The van der Waals surface area contributed by atoms with Gasteiger partial charge in [0.1, 0.15) is 0 Å². The molecule has 0 aromatic heterocycles. The quantitative estimate of drug-likeness (QED) is 0.315. The molecule has 0 aliphatic heterocycles. The van der Waals surface area contributed by atoms with Crippen molar-refractivity contribution in [3.63, 3.8) is 0 Å². The molecule has 1 unspecified atom stereocenters. The van der Waals surface area contributed by atoms with Crippen LogP contribution in [-0.2, 0) is 6.42 Å². The molecule has 1 nitrogen and oxygen atoms in total.